The molecule has 8 N–H and O–H groups in total. The Morgan fingerprint density at radius 3 is 2.20 bits per heavy atom. The summed E-state index contributed by atoms with van der Waals surface area (Å²) in [6.45, 7) is 3.42. The molecule has 166 valence electrons. The fourth-order valence-electron chi connectivity index (χ4n) is 2.58. The predicted molar refractivity (Wildman–Crippen MR) is 109 cm³/mol. The Morgan fingerprint density at radius 1 is 1.07 bits per heavy atom. The van der Waals surface area contributed by atoms with E-state index in [9.17, 15) is 19.2 Å². The van der Waals surface area contributed by atoms with E-state index in [0.29, 0.717) is 17.7 Å². The maximum atomic E-state index is 12.7. The summed E-state index contributed by atoms with van der Waals surface area (Å²) >= 11 is 0. The van der Waals surface area contributed by atoms with Gasteiger partial charge in [0.05, 0.1) is 6.61 Å². The van der Waals surface area contributed by atoms with Crippen molar-refractivity contribution in [2.45, 2.75) is 45.4 Å². The quantitative estimate of drug-likeness (QED) is 0.275. The van der Waals surface area contributed by atoms with Crippen LogP contribution in [0.1, 0.15) is 32.3 Å². The number of ether oxygens (including phenoxy) is 1. The Labute approximate surface area is 174 Å². The van der Waals surface area contributed by atoms with Crippen LogP contribution in [0.3, 0.4) is 0 Å². The minimum Gasteiger partial charge on any atom is -0.436 e. The molecule has 11 heteroatoms. The van der Waals surface area contributed by atoms with Crippen LogP contribution >= 0.6 is 0 Å². The molecule has 1 rings (SSSR count). The monoisotopic (exact) mass is 423 g/mol. The van der Waals surface area contributed by atoms with E-state index < -0.39 is 36.1 Å². The fourth-order valence-corrected chi connectivity index (χ4v) is 2.58. The summed E-state index contributed by atoms with van der Waals surface area (Å²) in [6.07, 6.45) is -1.72. The third-order valence-corrected chi connectivity index (χ3v) is 4.11. The highest BCUT2D eigenvalue weighted by Crippen LogP contribution is 2.12. The van der Waals surface area contributed by atoms with Crippen molar-refractivity contribution in [3.8, 4) is 0 Å². The molecule has 0 aliphatic heterocycles. The number of nitrogens with two attached hydrogens (primary N) is 2. The number of rotatable bonds is 11. The van der Waals surface area contributed by atoms with Gasteiger partial charge in [-0.05, 0) is 36.5 Å². The molecule has 30 heavy (non-hydrogen) atoms. The number of primary amides is 2. The third kappa shape index (κ3) is 8.78. The lowest BCUT2D eigenvalue weighted by Crippen LogP contribution is -2.50. The molecule has 0 saturated carbocycles. The molecular formula is C19H29N5O6. The number of benzene rings is 1. The maximum absolute atomic E-state index is 12.7. The Hall–Kier alpha value is -3.34. The molecule has 0 aromatic heterocycles. The highest BCUT2D eigenvalue weighted by atomic mass is 16.6. The summed E-state index contributed by atoms with van der Waals surface area (Å²) in [5.74, 6) is -1.54. The molecule has 0 heterocycles. The first-order valence-corrected chi connectivity index (χ1v) is 9.44. The zero-order valence-electron chi connectivity index (χ0n) is 17.0. The summed E-state index contributed by atoms with van der Waals surface area (Å²) in [5, 5.41) is 16.7. The summed E-state index contributed by atoms with van der Waals surface area (Å²) in [6, 6.07) is 4.86. The average Bonchev–Trinajstić information content (AvgIpc) is 2.68. The van der Waals surface area contributed by atoms with Crippen molar-refractivity contribution in [3.63, 3.8) is 0 Å². The Kier molecular flexibility index (Phi) is 10.1. The van der Waals surface area contributed by atoms with E-state index in [1.54, 1.807) is 38.1 Å². The van der Waals surface area contributed by atoms with E-state index in [0.717, 1.165) is 0 Å². The van der Waals surface area contributed by atoms with Crippen LogP contribution in [0.4, 0.5) is 15.3 Å². The highest BCUT2D eigenvalue weighted by Gasteiger charge is 2.29. The summed E-state index contributed by atoms with van der Waals surface area (Å²) in [5.41, 5.74) is 11.2. The molecule has 0 aliphatic carbocycles. The molecule has 2 atom stereocenters. The van der Waals surface area contributed by atoms with Gasteiger partial charge in [0, 0.05) is 12.2 Å². The first-order valence-electron chi connectivity index (χ1n) is 9.44. The van der Waals surface area contributed by atoms with Crippen LogP contribution in [0.5, 0.6) is 0 Å². The molecule has 0 radical (unpaired) electrons. The SMILES string of the molecule is CC(C)C(OC(N)=O)C(=O)NC(CCCNC(N)=O)C(=O)Nc1ccc(CO)cc1. The molecule has 2 unspecified atom stereocenters. The number of amides is 5. The minimum atomic E-state index is -1.16. The van der Waals surface area contributed by atoms with Gasteiger partial charge >= 0.3 is 12.1 Å². The Morgan fingerprint density at radius 2 is 1.70 bits per heavy atom. The first kappa shape index (κ1) is 24.7. The first-order chi connectivity index (χ1) is 14.1. The third-order valence-electron chi connectivity index (χ3n) is 4.11. The second-order valence-corrected chi connectivity index (χ2v) is 6.94. The molecule has 0 saturated heterocycles. The van der Waals surface area contributed by atoms with E-state index in [4.69, 9.17) is 21.3 Å². The number of aliphatic hydroxyl groups excluding tert-OH is 1. The molecule has 0 aliphatic rings. The van der Waals surface area contributed by atoms with Crippen LogP contribution in [0.25, 0.3) is 0 Å². The van der Waals surface area contributed by atoms with Crippen LogP contribution in [-0.4, -0.2) is 47.7 Å². The molecule has 1 aromatic carbocycles. The van der Waals surface area contributed by atoms with Crippen LogP contribution in [-0.2, 0) is 20.9 Å². The van der Waals surface area contributed by atoms with Crippen molar-refractivity contribution >= 4 is 29.6 Å². The van der Waals surface area contributed by atoms with E-state index in [1.807, 2.05) is 0 Å². The van der Waals surface area contributed by atoms with Gasteiger partial charge in [-0.15, -0.1) is 0 Å². The highest BCUT2D eigenvalue weighted by molar-refractivity contribution is 5.98. The van der Waals surface area contributed by atoms with Crippen LogP contribution in [0.15, 0.2) is 24.3 Å². The molecule has 5 amide bonds. The lowest BCUT2D eigenvalue weighted by Gasteiger charge is -2.24. The van der Waals surface area contributed by atoms with Crippen molar-refractivity contribution in [2.75, 3.05) is 11.9 Å². The van der Waals surface area contributed by atoms with Crippen molar-refractivity contribution in [1.29, 1.82) is 0 Å². The molecule has 0 spiro atoms. The standard InChI is InChI=1S/C19H29N5O6/c1-11(2)15(30-19(21)29)17(27)24-14(4-3-9-22-18(20)28)16(26)23-13-7-5-12(10-25)6-8-13/h5-8,11,14-15,25H,3-4,9-10H2,1-2H3,(H2,21,29)(H,23,26)(H,24,27)(H3,20,22,28). The van der Waals surface area contributed by atoms with Gasteiger partial charge < -0.3 is 37.3 Å². The van der Waals surface area contributed by atoms with E-state index in [2.05, 4.69) is 16.0 Å². The van der Waals surface area contributed by atoms with Crippen LogP contribution < -0.4 is 27.4 Å². The molecule has 0 fully saturated rings. The van der Waals surface area contributed by atoms with Crippen molar-refractivity contribution < 1.29 is 29.0 Å². The van der Waals surface area contributed by atoms with E-state index in [-0.39, 0.29) is 25.5 Å². The lowest BCUT2D eigenvalue weighted by atomic mass is 10.0. The maximum Gasteiger partial charge on any atom is 0.405 e. The summed E-state index contributed by atoms with van der Waals surface area (Å²) in [7, 11) is 0. The number of carbonyl (C=O) groups excluding carboxylic acids is 4. The number of anilines is 1. The zero-order valence-corrected chi connectivity index (χ0v) is 17.0. The van der Waals surface area contributed by atoms with Crippen LogP contribution in [0, 0.1) is 5.92 Å². The summed E-state index contributed by atoms with van der Waals surface area (Å²) in [4.78, 5) is 47.2. The smallest absolute Gasteiger partial charge is 0.405 e. The minimum absolute atomic E-state index is 0.129. The molecular weight excluding hydrogens is 394 g/mol. The van der Waals surface area contributed by atoms with Gasteiger partial charge in [0.1, 0.15) is 6.04 Å². The number of urea groups is 1. The molecule has 0 bridgehead atoms. The number of nitrogens with one attached hydrogen (secondary N) is 3. The van der Waals surface area contributed by atoms with Gasteiger partial charge in [0.25, 0.3) is 5.91 Å². The second-order valence-electron chi connectivity index (χ2n) is 6.94. The topological polar surface area (TPSA) is 186 Å². The van der Waals surface area contributed by atoms with Gasteiger partial charge in [-0.25, -0.2) is 9.59 Å². The van der Waals surface area contributed by atoms with E-state index in [1.165, 1.54) is 0 Å². The van der Waals surface area contributed by atoms with Gasteiger partial charge in [-0.1, -0.05) is 26.0 Å². The molecule has 1 aromatic rings. The number of aliphatic hydroxyl groups is 1. The number of hydrogen-bond donors (Lipinski definition) is 6. The fraction of sp³-hybridized carbons (Fsp3) is 0.474. The van der Waals surface area contributed by atoms with Crippen molar-refractivity contribution in [1.82, 2.24) is 10.6 Å². The second kappa shape index (κ2) is 12.3. The van der Waals surface area contributed by atoms with Crippen LogP contribution in [0.2, 0.25) is 0 Å². The predicted octanol–water partition coefficient (Wildman–Crippen LogP) is 0.171. The zero-order chi connectivity index (χ0) is 22.7. The lowest BCUT2D eigenvalue weighted by molar-refractivity contribution is -0.134. The van der Waals surface area contributed by atoms with Crippen molar-refractivity contribution in [2.24, 2.45) is 17.4 Å². The number of hydrogen-bond acceptors (Lipinski definition) is 6. The van der Waals surface area contributed by atoms with E-state index >= 15 is 0 Å². The van der Waals surface area contributed by atoms with Gasteiger partial charge in [0.2, 0.25) is 5.91 Å². The average molecular weight is 423 g/mol. The molecule has 11 nitrogen and oxygen atoms in total. The Balaban J connectivity index is 2.87. The van der Waals surface area contributed by atoms with Crippen molar-refractivity contribution in [3.05, 3.63) is 29.8 Å². The number of carbonyl (C=O) groups is 4. The van der Waals surface area contributed by atoms with Gasteiger partial charge in [-0.2, -0.15) is 0 Å². The Bertz CT molecular complexity index is 737. The van der Waals surface area contributed by atoms with Gasteiger partial charge in [0.15, 0.2) is 6.10 Å². The normalized spacial score (nSPS) is 12.5. The van der Waals surface area contributed by atoms with Gasteiger partial charge in [-0.3, -0.25) is 9.59 Å². The summed E-state index contributed by atoms with van der Waals surface area (Å²) < 4.78 is 4.85. The largest absolute Gasteiger partial charge is 0.436 e.